The van der Waals surface area contributed by atoms with Crippen molar-refractivity contribution in [1.29, 1.82) is 0 Å². The molecule has 100 valence electrons. The van der Waals surface area contributed by atoms with Crippen molar-refractivity contribution in [1.82, 2.24) is 14.8 Å². The zero-order valence-electron chi connectivity index (χ0n) is 10.7. The lowest BCUT2D eigenvalue weighted by Gasteiger charge is -2.04. The molecule has 0 saturated heterocycles. The van der Waals surface area contributed by atoms with Crippen molar-refractivity contribution in [2.24, 2.45) is 7.05 Å². The predicted molar refractivity (Wildman–Crippen MR) is 82.2 cm³/mol. The SMILES string of the molecule is C=CCCCc1nnc(-c2cc(F)cc(I)c2)n1C. The molecule has 0 saturated carbocycles. The summed E-state index contributed by atoms with van der Waals surface area (Å²) in [5.41, 5.74) is 0.759. The number of allylic oxidation sites excluding steroid dienone is 1. The summed E-state index contributed by atoms with van der Waals surface area (Å²) in [6.45, 7) is 3.70. The zero-order valence-corrected chi connectivity index (χ0v) is 12.9. The van der Waals surface area contributed by atoms with Gasteiger partial charge in [0.1, 0.15) is 11.6 Å². The van der Waals surface area contributed by atoms with Crippen LogP contribution in [0.15, 0.2) is 30.9 Å². The fraction of sp³-hybridized carbons (Fsp3) is 0.286. The summed E-state index contributed by atoms with van der Waals surface area (Å²) in [6.07, 6.45) is 4.70. The van der Waals surface area contributed by atoms with Gasteiger partial charge in [-0.15, -0.1) is 16.8 Å². The summed E-state index contributed by atoms with van der Waals surface area (Å²) in [7, 11) is 1.91. The number of nitrogens with zero attached hydrogens (tertiary/aromatic N) is 3. The highest BCUT2D eigenvalue weighted by atomic mass is 127. The van der Waals surface area contributed by atoms with Crippen LogP contribution in [-0.2, 0) is 13.5 Å². The first-order valence-corrected chi connectivity index (χ1v) is 7.15. The van der Waals surface area contributed by atoms with Gasteiger partial charge in [0.2, 0.25) is 0 Å². The van der Waals surface area contributed by atoms with E-state index in [1.165, 1.54) is 12.1 Å². The van der Waals surface area contributed by atoms with Crippen LogP contribution in [0.2, 0.25) is 0 Å². The van der Waals surface area contributed by atoms with E-state index in [1.807, 2.05) is 23.8 Å². The van der Waals surface area contributed by atoms with Crippen molar-refractivity contribution in [3.8, 4) is 11.4 Å². The molecule has 2 aromatic rings. The van der Waals surface area contributed by atoms with Gasteiger partial charge in [0.05, 0.1) is 0 Å². The van der Waals surface area contributed by atoms with Gasteiger partial charge in [-0.1, -0.05) is 6.08 Å². The second-order valence-electron chi connectivity index (χ2n) is 4.34. The second-order valence-corrected chi connectivity index (χ2v) is 5.58. The standard InChI is InChI=1S/C14H15FIN3/c1-3-4-5-6-13-17-18-14(19(13)2)10-7-11(15)9-12(16)8-10/h3,7-9H,1,4-6H2,2H3. The maximum Gasteiger partial charge on any atom is 0.163 e. The molecule has 0 unspecified atom stereocenters. The monoisotopic (exact) mass is 371 g/mol. The molecular formula is C14H15FIN3. The molecule has 0 bridgehead atoms. The van der Waals surface area contributed by atoms with Crippen LogP contribution in [0.1, 0.15) is 18.7 Å². The molecule has 2 rings (SSSR count). The number of halogens is 2. The van der Waals surface area contributed by atoms with E-state index in [1.54, 1.807) is 0 Å². The van der Waals surface area contributed by atoms with Gasteiger partial charge in [-0.25, -0.2) is 4.39 Å². The normalized spacial score (nSPS) is 10.7. The van der Waals surface area contributed by atoms with Crippen LogP contribution in [0.25, 0.3) is 11.4 Å². The van der Waals surface area contributed by atoms with Gasteiger partial charge in [0.15, 0.2) is 5.82 Å². The van der Waals surface area contributed by atoms with Crippen molar-refractivity contribution in [2.75, 3.05) is 0 Å². The quantitative estimate of drug-likeness (QED) is 0.456. The molecule has 0 spiro atoms. The lowest BCUT2D eigenvalue weighted by atomic mass is 10.2. The molecule has 0 radical (unpaired) electrons. The highest BCUT2D eigenvalue weighted by molar-refractivity contribution is 14.1. The third-order valence-electron chi connectivity index (χ3n) is 2.89. The Morgan fingerprint density at radius 3 is 2.84 bits per heavy atom. The summed E-state index contributed by atoms with van der Waals surface area (Å²) in [5.74, 6) is 1.36. The average Bonchev–Trinajstić information content (AvgIpc) is 2.70. The minimum atomic E-state index is -0.252. The van der Waals surface area contributed by atoms with E-state index in [2.05, 4.69) is 39.4 Å². The fourth-order valence-electron chi connectivity index (χ4n) is 1.92. The second kappa shape index (κ2) is 6.27. The first-order chi connectivity index (χ1) is 9.11. The van der Waals surface area contributed by atoms with E-state index >= 15 is 0 Å². The Labute approximate surface area is 125 Å². The number of benzene rings is 1. The van der Waals surface area contributed by atoms with E-state index in [4.69, 9.17) is 0 Å². The molecule has 0 atom stereocenters. The molecule has 0 aliphatic carbocycles. The van der Waals surface area contributed by atoms with E-state index in [0.29, 0.717) is 5.82 Å². The lowest BCUT2D eigenvalue weighted by Crippen LogP contribution is -2.00. The zero-order chi connectivity index (χ0) is 13.8. The Kier molecular flexibility index (Phi) is 4.68. The summed E-state index contributed by atoms with van der Waals surface area (Å²) in [6, 6.07) is 4.88. The molecule has 1 aromatic carbocycles. The third-order valence-corrected chi connectivity index (χ3v) is 3.52. The maximum absolute atomic E-state index is 13.4. The van der Waals surface area contributed by atoms with Crippen molar-refractivity contribution >= 4 is 22.6 Å². The summed E-state index contributed by atoms with van der Waals surface area (Å²) in [5, 5.41) is 8.34. The van der Waals surface area contributed by atoms with Crippen LogP contribution in [0.3, 0.4) is 0 Å². The topological polar surface area (TPSA) is 30.7 Å². The van der Waals surface area contributed by atoms with Crippen molar-refractivity contribution in [3.63, 3.8) is 0 Å². The van der Waals surface area contributed by atoms with Gasteiger partial charge in [-0.3, -0.25) is 0 Å². The van der Waals surface area contributed by atoms with Crippen LogP contribution >= 0.6 is 22.6 Å². The van der Waals surface area contributed by atoms with E-state index < -0.39 is 0 Å². The van der Waals surface area contributed by atoms with Crippen LogP contribution in [0.5, 0.6) is 0 Å². The number of aromatic nitrogens is 3. The largest absolute Gasteiger partial charge is 0.314 e. The molecule has 0 amide bonds. The Morgan fingerprint density at radius 1 is 1.37 bits per heavy atom. The first kappa shape index (κ1) is 14.2. The third kappa shape index (κ3) is 3.40. The maximum atomic E-state index is 13.4. The van der Waals surface area contributed by atoms with Gasteiger partial charge in [0, 0.05) is 22.6 Å². The summed E-state index contributed by atoms with van der Waals surface area (Å²) < 4.78 is 16.2. The fourth-order valence-corrected chi connectivity index (χ4v) is 2.55. The molecule has 0 aliphatic rings. The van der Waals surface area contributed by atoms with E-state index in [-0.39, 0.29) is 5.82 Å². The Balaban J connectivity index is 2.28. The molecule has 0 aliphatic heterocycles. The predicted octanol–water partition coefficient (Wildman–Crippen LogP) is 3.73. The minimum Gasteiger partial charge on any atom is -0.314 e. The van der Waals surface area contributed by atoms with Crippen LogP contribution in [0.4, 0.5) is 4.39 Å². The smallest absolute Gasteiger partial charge is 0.163 e. The molecule has 3 nitrogen and oxygen atoms in total. The van der Waals surface area contributed by atoms with E-state index in [0.717, 1.165) is 34.2 Å². The van der Waals surface area contributed by atoms with Crippen LogP contribution in [0, 0.1) is 9.39 Å². The van der Waals surface area contributed by atoms with Crippen LogP contribution in [-0.4, -0.2) is 14.8 Å². The van der Waals surface area contributed by atoms with E-state index in [9.17, 15) is 4.39 Å². The summed E-state index contributed by atoms with van der Waals surface area (Å²) in [4.78, 5) is 0. The van der Waals surface area contributed by atoms with Crippen molar-refractivity contribution in [2.45, 2.75) is 19.3 Å². The van der Waals surface area contributed by atoms with Gasteiger partial charge in [0.25, 0.3) is 0 Å². The molecular weight excluding hydrogens is 356 g/mol. The lowest BCUT2D eigenvalue weighted by molar-refractivity contribution is 0.627. The molecule has 19 heavy (non-hydrogen) atoms. The number of unbranched alkanes of at least 4 members (excludes halogenated alkanes) is 1. The van der Waals surface area contributed by atoms with Gasteiger partial charge < -0.3 is 4.57 Å². The van der Waals surface area contributed by atoms with Crippen molar-refractivity contribution in [3.05, 3.63) is 46.1 Å². The molecule has 1 heterocycles. The summed E-state index contributed by atoms with van der Waals surface area (Å²) >= 11 is 2.10. The Morgan fingerprint density at radius 2 is 2.16 bits per heavy atom. The molecule has 0 fully saturated rings. The highest BCUT2D eigenvalue weighted by Gasteiger charge is 2.11. The Hall–Kier alpha value is -1.24. The Bertz CT molecular complexity index is 572. The molecule has 1 aromatic heterocycles. The number of hydrogen-bond donors (Lipinski definition) is 0. The van der Waals surface area contributed by atoms with Gasteiger partial charge >= 0.3 is 0 Å². The molecule has 5 heteroatoms. The molecule has 0 N–H and O–H groups in total. The average molecular weight is 371 g/mol. The number of aryl methyl sites for hydroxylation is 1. The van der Waals surface area contributed by atoms with Gasteiger partial charge in [-0.05, 0) is 53.6 Å². The first-order valence-electron chi connectivity index (χ1n) is 6.07. The van der Waals surface area contributed by atoms with Gasteiger partial charge in [-0.2, -0.15) is 0 Å². The highest BCUT2D eigenvalue weighted by Crippen LogP contribution is 2.21. The van der Waals surface area contributed by atoms with Crippen LogP contribution < -0.4 is 0 Å². The van der Waals surface area contributed by atoms with Crippen molar-refractivity contribution < 1.29 is 4.39 Å². The minimum absolute atomic E-state index is 0.252. The number of hydrogen-bond acceptors (Lipinski definition) is 2. The number of rotatable bonds is 5.